The second-order valence-electron chi connectivity index (χ2n) is 9.40. The molecule has 162 valence electrons. The van der Waals surface area contributed by atoms with Crippen molar-refractivity contribution in [1.29, 1.82) is 0 Å². The highest BCUT2D eigenvalue weighted by Crippen LogP contribution is 2.40. The van der Waals surface area contributed by atoms with Gasteiger partial charge >= 0.3 is 0 Å². The van der Waals surface area contributed by atoms with Gasteiger partial charge in [0.15, 0.2) is 0 Å². The molecule has 2 aromatic carbocycles. The van der Waals surface area contributed by atoms with E-state index < -0.39 is 6.10 Å². The van der Waals surface area contributed by atoms with E-state index >= 15 is 0 Å². The molecule has 3 heteroatoms. The first-order valence-electron chi connectivity index (χ1n) is 11.7. The van der Waals surface area contributed by atoms with Crippen molar-refractivity contribution >= 4 is 0 Å². The highest BCUT2D eigenvalue weighted by Gasteiger charge is 2.32. The van der Waals surface area contributed by atoms with Crippen LogP contribution in [-0.4, -0.2) is 29.0 Å². The fourth-order valence-corrected chi connectivity index (χ4v) is 5.38. The third kappa shape index (κ3) is 4.34. The molecule has 0 radical (unpaired) electrons. The van der Waals surface area contributed by atoms with Crippen molar-refractivity contribution in [3.63, 3.8) is 0 Å². The Hall–Kier alpha value is -1.68. The fourth-order valence-electron chi connectivity index (χ4n) is 5.38. The zero-order chi connectivity index (χ0) is 21.3. The molecular weight excluding hydrogens is 372 g/mol. The summed E-state index contributed by atoms with van der Waals surface area (Å²) in [6.45, 7) is 6.66. The maximum atomic E-state index is 10.4. The number of aliphatic hydroxyl groups excluding tert-OH is 2. The van der Waals surface area contributed by atoms with Crippen molar-refractivity contribution in [3.8, 4) is 0 Å². The van der Waals surface area contributed by atoms with Crippen molar-refractivity contribution in [3.05, 3.63) is 69.3 Å². The van der Waals surface area contributed by atoms with Crippen LogP contribution in [0.4, 0.5) is 0 Å². The van der Waals surface area contributed by atoms with E-state index in [4.69, 9.17) is 4.74 Å². The van der Waals surface area contributed by atoms with Crippen molar-refractivity contribution in [2.24, 2.45) is 0 Å². The molecule has 2 N–H and O–H groups in total. The molecule has 3 atom stereocenters. The summed E-state index contributed by atoms with van der Waals surface area (Å²) in [5.74, 6) is 0.549. The second-order valence-corrected chi connectivity index (χ2v) is 9.40. The van der Waals surface area contributed by atoms with Gasteiger partial charge in [0.05, 0.1) is 24.9 Å². The summed E-state index contributed by atoms with van der Waals surface area (Å²) in [4.78, 5) is 0. The van der Waals surface area contributed by atoms with Gasteiger partial charge in [-0.2, -0.15) is 0 Å². The molecule has 0 bridgehead atoms. The average molecular weight is 409 g/mol. The van der Waals surface area contributed by atoms with Crippen molar-refractivity contribution in [2.45, 2.75) is 89.9 Å². The van der Waals surface area contributed by atoms with Gasteiger partial charge in [-0.15, -0.1) is 0 Å². The summed E-state index contributed by atoms with van der Waals surface area (Å²) < 4.78 is 6.23. The first kappa shape index (κ1) is 21.5. The van der Waals surface area contributed by atoms with Crippen LogP contribution in [0.5, 0.6) is 0 Å². The van der Waals surface area contributed by atoms with Crippen LogP contribution < -0.4 is 0 Å². The van der Waals surface area contributed by atoms with Gasteiger partial charge in [0, 0.05) is 12.8 Å². The molecule has 0 amide bonds. The van der Waals surface area contributed by atoms with E-state index in [-0.39, 0.29) is 18.8 Å². The topological polar surface area (TPSA) is 49.7 Å². The Bertz CT molecular complexity index is 869. The standard InChI is InChI=1S/C27H36O3/c1-4-23-25-7-5-6-24(25)20(12-18-8-10-19(11-9-18)17(2)3)13-26(23)27-15-21(29)14-22(16-28)30-27/h8-11,13,17,21-22,27-29H,4-7,12,14-16H2,1-3H3. The van der Waals surface area contributed by atoms with Gasteiger partial charge in [-0.25, -0.2) is 0 Å². The summed E-state index contributed by atoms with van der Waals surface area (Å²) in [7, 11) is 0. The van der Waals surface area contributed by atoms with E-state index in [0.29, 0.717) is 18.8 Å². The highest BCUT2D eigenvalue weighted by molar-refractivity contribution is 5.51. The molecular formula is C27H36O3. The van der Waals surface area contributed by atoms with Gasteiger partial charge in [0.25, 0.3) is 0 Å². The second kappa shape index (κ2) is 9.21. The molecule has 1 saturated heterocycles. The molecule has 1 heterocycles. The molecule has 0 spiro atoms. The lowest BCUT2D eigenvalue weighted by Crippen LogP contribution is -2.34. The van der Waals surface area contributed by atoms with Crippen LogP contribution in [0.25, 0.3) is 0 Å². The van der Waals surface area contributed by atoms with E-state index in [1.807, 2.05) is 0 Å². The monoisotopic (exact) mass is 408 g/mol. The fraction of sp³-hybridized carbons (Fsp3) is 0.556. The number of rotatable bonds is 6. The predicted molar refractivity (Wildman–Crippen MR) is 121 cm³/mol. The Kier molecular flexibility index (Phi) is 6.62. The number of benzene rings is 2. The first-order valence-corrected chi connectivity index (χ1v) is 11.7. The quantitative estimate of drug-likeness (QED) is 0.705. The number of ether oxygens (including phenoxy) is 1. The van der Waals surface area contributed by atoms with Crippen LogP contribution in [0.2, 0.25) is 0 Å². The van der Waals surface area contributed by atoms with Crippen molar-refractivity contribution < 1.29 is 14.9 Å². The molecule has 0 saturated carbocycles. The van der Waals surface area contributed by atoms with Crippen LogP contribution in [-0.2, 0) is 30.4 Å². The lowest BCUT2D eigenvalue weighted by Gasteiger charge is -2.34. The van der Waals surface area contributed by atoms with Crippen LogP contribution in [0, 0.1) is 0 Å². The molecule has 0 aromatic heterocycles. The Morgan fingerprint density at radius 3 is 2.47 bits per heavy atom. The Balaban J connectivity index is 1.71. The van der Waals surface area contributed by atoms with Gasteiger partial charge in [0.2, 0.25) is 0 Å². The molecule has 4 rings (SSSR count). The molecule has 1 aliphatic carbocycles. The molecule has 3 nitrogen and oxygen atoms in total. The smallest absolute Gasteiger partial charge is 0.0857 e. The third-order valence-electron chi connectivity index (χ3n) is 6.97. The van der Waals surface area contributed by atoms with E-state index in [1.165, 1.54) is 39.8 Å². The number of hydrogen-bond acceptors (Lipinski definition) is 3. The lowest BCUT2D eigenvalue weighted by molar-refractivity contribution is -0.114. The summed E-state index contributed by atoms with van der Waals surface area (Å²) >= 11 is 0. The molecule has 3 unspecified atom stereocenters. The maximum Gasteiger partial charge on any atom is 0.0857 e. The Morgan fingerprint density at radius 1 is 1.07 bits per heavy atom. The largest absolute Gasteiger partial charge is 0.394 e. The van der Waals surface area contributed by atoms with Gasteiger partial charge in [-0.3, -0.25) is 0 Å². The summed E-state index contributed by atoms with van der Waals surface area (Å²) in [6, 6.07) is 11.4. The number of hydrogen-bond donors (Lipinski definition) is 2. The molecule has 30 heavy (non-hydrogen) atoms. The SMILES string of the molecule is CCc1c(C2CC(O)CC(CO)O2)cc(Cc2ccc(C(C)C)cc2)c2c1CCC2. The van der Waals surface area contributed by atoms with E-state index in [2.05, 4.69) is 51.1 Å². The van der Waals surface area contributed by atoms with Crippen molar-refractivity contribution in [2.75, 3.05) is 6.61 Å². The minimum absolute atomic E-state index is 0.0327. The van der Waals surface area contributed by atoms with Crippen LogP contribution in [0.15, 0.2) is 30.3 Å². The zero-order valence-electron chi connectivity index (χ0n) is 18.7. The molecule has 1 fully saturated rings. The molecule has 1 aliphatic heterocycles. The van der Waals surface area contributed by atoms with E-state index in [0.717, 1.165) is 25.7 Å². The van der Waals surface area contributed by atoms with Gasteiger partial charge in [-0.1, -0.05) is 51.1 Å². The van der Waals surface area contributed by atoms with Crippen LogP contribution >= 0.6 is 0 Å². The summed E-state index contributed by atoms with van der Waals surface area (Å²) in [5, 5.41) is 20.0. The third-order valence-corrected chi connectivity index (χ3v) is 6.97. The average Bonchev–Trinajstić information content (AvgIpc) is 3.23. The molecule has 2 aromatic rings. The first-order chi connectivity index (χ1) is 14.5. The summed E-state index contributed by atoms with van der Waals surface area (Å²) in [6.07, 6.45) is 5.78. The van der Waals surface area contributed by atoms with Crippen LogP contribution in [0.1, 0.15) is 91.0 Å². The predicted octanol–water partition coefficient (Wildman–Crippen LogP) is 5.03. The van der Waals surface area contributed by atoms with Crippen LogP contribution in [0.3, 0.4) is 0 Å². The minimum atomic E-state index is -0.411. The number of fused-ring (bicyclic) bond motifs is 1. The van der Waals surface area contributed by atoms with Gasteiger partial charge in [0.1, 0.15) is 0 Å². The van der Waals surface area contributed by atoms with Gasteiger partial charge < -0.3 is 14.9 Å². The summed E-state index contributed by atoms with van der Waals surface area (Å²) in [5.41, 5.74) is 9.86. The lowest BCUT2D eigenvalue weighted by atomic mass is 9.84. The minimum Gasteiger partial charge on any atom is -0.394 e. The normalized spacial score (nSPS) is 23.7. The highest BCUT2D eigenvalue weighted by atomic mass is 16.5. The maximum absolute atomic E-state index is 10.4. The number of aliphatic hydroxyl groups is 2. The van der Waals surface area contributed by atoms with Crippen molar-refractivity contribution in [1.82, 2.24) is 0 Å². The Labute approximate surface area is 181 Å². The van der Waals surface area contributed by atoms with Gasteiger partial charge in [-0.05, 0) is 77.0 Å². The van der Waals surface area contributed by atoms with E-state index in [1.54, 1.807) is 5.56 Å². The van der Waals surface area contributed by atoms with E-state index in [9.17, 15) is 10.2 Å². The zero-order valence-corrected chi connectivity index (χ0v) is 18.7. The molecule has 2 aliphatic rings. The Morgan fingerprint density at radius 2 is 1.80 bits per heavy atom.